The van der Waals surface area contributed by atoms with Gasteiger partial charge in [0.2, 0.25) is 0 Å². The molecule has 0 bridgehead atoms. The predicted molar refractivity (Wildman–Crippen MR) is 102 cm³/mol. The Morgan fingerprint density at radius 2 is 2.16 bits per heavy atom. The second kappa shape index (κ2) is 8.43. The quantitative estimate of drug-likeness (QED) is 0.506. The summed E-state index contributed by atoms with van der Waals surface area (Å²) in [6, 6.07) is 13.6. The van der Waals surface area contributed by atoms with Gasteiger partial charge in [0.15, 0.2) is 11.0 Å². The number of amidine groups is 1. The van der Waals surface area contributed by atoms with Crippen molar-refractivity contribution in [1.29, 1.82) is 0 Å². The Morgan fingerprint density at radius 1 is 1.32 bits per heavy atom. The molecule has 0 amide bonds. The molecule has 0 saturated carbocycles. The number of hydrogen-bond donors (Lipinski definition) is 2. The standard InChI is InChI=1S/C18H20N4O2S/c1-3-23-14-8-6-13(7-9-14)16-11-17(22-21-16)20-18(25-2)19-12-15-5-4-10-24-15/h4-11H,3,12H2,1-2H3,(H2,19,20,21,22). The molecular formula is C18H20N4O2S. The first-order valence-electron chi connectivity index (χ1n) is 7.95. The summed E-state index contributed by atoms with van der Waals surface area (Å²) in [6.07, 6.45) is 3.61. The molecule has 130 valence electrons. The van der Waals surface area contributed by atoms with E-state index in [-0.39, 0.29) is 0 Å². The van der Waals surface area contributed by atoms with Gasteiger partial charge in [-0.15, -0.1) is 0 Å². The average Bonchev–Trinajstić information content (AvgIpc) is 3.31. The molecule has 0 spiro atoms. The van der Waals surface area contributed by atoms with E-state index in [1.54, 1.807) is 6.26 Å². The molecule has 2 aromatic heterocycles. The maximum Gasteiger partial charge on any atom is 0.162 e. The Kier molecular flexibility index (Phi) is 5.79. The summed E-state index contributed by atoms with van der Waals surface area (Å²) in [7, 11) is 0. The van der Waals surface area contributed by atoms with Crippen molar-refractivity contribution in [3.8, 4) is 17.0 Å². The summed E-state index contributed by atoms with van der Waals surface area (Å²) >= 11 is 1.53. The smallest absolute Gasteiger partial charge is 0.162 e. The normalized spacial score (nSPS) is 11.5. The van der Waals surface area contributed by atoms with Crippen molar-refractivity contribution in [2.24, 2.45) is 4.99 Å². The van der Waals surface area contributed by atoms with Crippen LogP contribution >= 0.6 is 11.8 Å². The number of nitrogens with zero attached hydrogens (tertiary/aromatic N) is 2. The Bertz CT molecular complexity index is 810. The van der Waals surface area contributed by atoms with Crippen LogP contribution in [0.15, 0.2) is 58.1 Å². The Hall–Kier alpha value is -2.67. The molecule has 0 aliphatic heterocycles. The van der Waals surface area contributed by atoms with Gasteiger partial charge in [0, 0.05) is 6.07 Å². The van der Waals surface area contributed by atoms with E-state index in [9.17, 15) is 0 Å². The fraction of sp³-hybridized carbons (Fsp3) is 0.222. The Morgan fingerprint density at radius 3 is 2.84 bits per heavy atom. The summed E-state index contributed by atoms with van der Waals surface area (Å²) in [5.74, 6) is 2.40. The topological polar surface area (TPSA) is 75.4 Å². The first-order valence-corrected chi connectivity index (χ1v) is 9.17. The van der Waals surface area contributed by atoms with Gasteiger partial charge in [-0.3, -0.25) is 10.1 Å². The number of ether oxygens (including phenoxy) is 1. The molecule has 3 rings (SSSR count). The van der Waals surface area contributed by atoms with Gasteiger partial charge in [-0.05, 0) is 55.1 Å². The minimum atomic E-state index is 0.492. The lowest BCUT2D eigenvalue weighted by molar-refractivity contribution is 0.340. The molecule has 0 aliphatic carbocycles. The molecule has 3 aromatic rings. The first kappa shape index (κ1) is 17.2. The molecule has 0 aliphatic rings. The lowest BCUT2D eigenvalue weighted by atomic mass is 10.1. The number of anilines is 1. The maximum absolute atomic E-state index is 5.46. The third kappa shape index (κ3) is 4.67. The highest BCUT2D eigenvalue weighted by Gasteiger charge is 2.06. The number of aromatic amines is 1. The number of nitrogens with one attached hydrogen (secondary N) is 2. The van der Waals surface area contributed by atoms with Crippen LogP contribution in [0.5, 0.6) is 5.75 Å². The highest BCUT2D eigenvalue weighted by atomic mass is 32.2. The van der Waals surface area contributed by atoms with Crippen molar-refractivity contribution in [3.05, 3.63) is 54.5 Å². The number of thioether (sulfide) groups is 1. The third-order valence-corrected chi connectivity index (χ3v) is 4.06. The number of rotatable bonds is 6. The summed E-state index contributed by atoms with van der Waals surface area (Å²) in [5, 5.41) is 11.3. The Labute approximate surface area is 150 Å². The highest BCUT2D eigenvalue weighted by Crippen LogP contribution is 2.23. The molecule has 0 fully saturated rings. The Balaban J connectivity index is 1.66. The van der Waals surface area contributed by atoms with Gasteiger partial charge in [-0.1, -0.05) is 11.8 Å². The largest absolute Gasteiger partial charge is 0.494 e. The van der Waals surface area contributed by atoms with Crippen LogP contribution in [-0.2, 0) is 6.54 Å². The zero-order valence-electron chi connectivity index (χ0n) is 14.2. The molecular weight excluding hydrogens is 336 g/mol. The molecule has 2 heterocycles. The molecule has 0 unspecified atom stereocenters. The second-order valence-corrected chi connectivity index (χ2v) is 5.95. The molecule has 0 atom stereocenters. The van der Waals surface area contributed by atoms with Crippen molar-refractivity contribution >= 4 is 22.7 Å². The molecule has 1 aromatic carbocycles. The first-order chi connectivity index (χ1) is 12.3. The van der Waals surface area contributed by atoms with E-state index in [1.165, 1.54) is 11.8 Å². The van der Waals surface area contributed by atoms with Crippen LogP contribution in [0.3, 0.4) is 0 Å². The summed E-state index contributed by atoms with van der Waals surface area (Å²) in [5.41, 5.74) is 1.97. The van der Waals surface area contributed by atoms with Crippen molar-refractivity contribution in [3.63, 3.8) is 0 Å². The number of H-pyrrole nitrogens is 1. The van der Waals surface area contributed by atoms with Crippen molar-refractivity contribution in [2.75, 3.05) is 18.2 Å². The zero-order chi connectivity index (χ0) is 17.5. The van der Waals surface area contributed by atoms with E-state index in [0.29, 0.717) is 13.2 Å². The number of hydrogen-bond acceptors (Lipinski definition) is 5. The second-order valence-electron chi connectivity index (χ2n) is 5.15. The fourth-order valence-corrected chi connectivity index (χ4v) is 2.65. The van der Waals surface area contributed by atoms with E-state index >= 15 is 0 Å². The van der Waals surface area contributed by atoms with Gasteiger partial charge in [0.25, 0.3) is 0 Å². The minimum absolute atomic E-state index is 0.492. The van der Waals surface area contributed by atoms with Crippen LogP contribution in [0.2, 0.25) is 0 Å². The van der Waals surface area contributed by atoms with E-state index in [4.69, 9.17) is 9.15 Å². The molecule has 25 heavy (non-hydrogen) atoms. The SMILES string of the molecule is CCOc1ccc(-c2cc(NC(=NCc3ccco3)SC)n[nH]2)cc1. The van der Waals surface area contributed by atoms with Gasteiger partial charge in [-0.2, -0.15) is 5.10 Å². The predicted octanol–water partition coefficient (Wildman–Crippen LogP) is 4.40. The van der Waals surface area contributed by atoms with Crippen LogP contribution in [-0.4, -0.2) is 28.2 Å². The van der Waals surface area contributed by atoms with E-state index in [2.05, 4.69) is 20.5 Å². The number of aromatic nitrogens is 2. The lowest BCUT2D eigenvalue weighted by Gasteiger charge is -2.04. The lowest BCUT2D eigenvalue weighted by Crippen LogP contribution is -2.07. The van der Waals surface area contributed by atoms with E-state index in [0.717, 1.165) is 33.8 Å². The van der Waals surface area contributed by atoms with Gasteiger partial charge in [0.05, 0.1) is 25.1 Å². The average molecular weight is 356 g/mol. The van der Waals surface area contributed by atoms with Gasteiger partial charge >= 0.3 is 0 Å². The van der Waals surface area contributed by atoms with Crippen LogP contribution < -0.4 is 10.1 Å². The number of furan rings is 1. The minimum Gasteiger partial charge on any atom is -0.494 e. The molecule has 6 nitrogen and oxygen atoms in total. The summed E-state index contributed by atoms with van der Waals surface area (Å²) in [4.78, 5) is 4.50. The van der Waals surface area contributed by atoms with Gasteiger partial charge in [-0.25, -0.2) is 0 Å². The molecule has 0 saturated heterocycles. The third-order valence-electron chi connectivity index (χ3n) is 3.44. The molecule has 2 N–H and O–H groups in total. The maximum atomic E-state index is 5.46. The number of benzene rings is 1. The monoisotopic (exact) mass is 356 g/mol. The van der Waals surface area contributed by atoms with E-state index in [1.807, 2.05) is 55.6 Å². The fourth-order valence-electron chi connectivity index (χ4n) is 2.25. The van der Waals surface area contributed by atoms with Crippen LogP contribution in [0, 0.1) is 0 Å². The van der Waals surface area contributed by atoms with Crippen LogP contribution in [0.1, 0.15) is 12.7 Å². The van der Waals surface area contributed by atoms with Gasteiger partial charge < -0.3 is 14.5 Å². The van der Waals surface area contributed by atoms with Crippen molar-refractivity contribution < 1.29 is 9.15 Å². The molecule has 0 radical (unpaired) electrons. The van der Waals surface area contributed by atoms with Crippen molar-refractivity contribution in [1.82, 2.24) is 10.2 Å². The summed E-state index contributed by atoms with van der Waals surface area (Å²) in [6.45, 7) is 3.12. The highest BCUT2D eigenvalue weighted by molar-refractivity contribution is 8.13. The summed E-state index contributed by atoms with van der Waals surface area (Å²) < 4.78 is 10.8. The zero-order valence-corrected chi connectivity index (χ0v) is 15.0. The van der Waals surface area contributed by atoms with Crippen LogP contribution in [0.4, 0.5) is 5.82 Å². The van der Waals surface area contributed by atoms with Crippen molar-refractivity contribution in [2.45, 2.75) is 13.5 Å². The molecule has 7 heteroatoms. The number of aliphatic imine (C=N–C) groups is 1. The van der Waals surface area contributed by atoms with Gasteiger partial charge in [0.1, 0.15) is 11.5 Å². The van der Waals surface area contributed by atoms with Crippen LogP contribution in [0.25, 0.3) is 11.3 Å². The van der Waals surface area contributed by atoms with E-state index < -0.39 is 0 Å².